The molecule has 1 saturated carbocycles. The number of halogens is 1. The highest BCUT2D eigenvalue weighted by Crippen LogP contribution is 2.31. The molecule has 82 valence electrons. The Morgan fingerprint density at radius 1 is 1.53 bits per heavy atom. The average molecular weight is 225 g/mol. The highest BCUT2D eigenvalue weighted by atomic mass is 35.5. The maximum Gasteiger partial charge on any atom is 0.129 e. The van der Waals surface area contributed by atoms with Crippen molar-refractivity contribution < 1.29 is 0 Å². The van der Waals surface area contributed by atoms with E-state index in [9.17, 15) is 0 Å². The van der Waals surface area contributed by atoms with Crippen LogP contribution in [0, 0.1) is 0 Å². The van der Waals surface area contributed by atoms with Gasteiger partial charge in [-0.25, -0.2) is 4.98 Å². The summed E-state index contributed by atoms with van der Waals surface area (Å²) >= 11 is 5.83. The van der Waals surface area contributed by atoms with Gasteiger partial charge in [0, 0.05) is 24.7 Å². The van der Waals surface area contributed by atoms with Gasteiger partial charge in [0.1, 0.15) is 5.82 Å². The number of aromatic nitrogens is 1. The molecule has 1 fully saturated rings. The van der Waals surface area contributed by atoms with E-state index in [4.69, 9.17) is 11.6 Å². The first-order valence-corrected chi connectivity index (χ1v) is 6.16. The molecule has 1 aromatic rings. The van der Waals surface area contributed by atoms with Crippen LogP contribution in [0.4, 0.5) is 5.82 Å². The first kappa shape index (κ1) is 10.7. The summed E-state index contributed by atoms with van der Waals surface area (Å²) in [4.78, 5) is 6.85. The van der Waals surface area contributed by atoms with E-state index < -0.39 is 0 Å². The van der Waals surface area contributed by atoms with E-state index in [1.54, 1.807) is 0 Å². The summed E-state index contributed by atoms with van der Waals surface area (Å²) in [7, 11) is 0. The molecule has 2 nitrogen and oxygen atoms in total. The van der Waals surface area contributed by atoms with Crippen LogP contribution in [0.15, 0.2) is 18.3 Å². The lowest BCUT2D eigenvalue weighted by molar-refractivity contribution is 0.750. The second-order valence-electron chi connectivity index (χ2n) is 4.08. The molecule has 1 aliphatic carbocycles. The zero-order valence-corrected chi connectivity index (χ0v) is 9.87. The largest absolute Gasteiger partial charge is 0.354 e. The molecule has 1 aliphatic rings. The molecule has 1 aromatic heterocycles. The summed E-state index contributed by atoms with van der Waals surface area (Å²) in [6.07, 6.45) is 5.65. The minimum atomic E-state index is 0.570. The Morgan fingerprint density at radius 2 is 2.33 bits per heavy atom. The first-order chi connectivity index (χ1) is 7.35. The third kappa shape index (κ3) is 2.63. The summed E-state index contributed by atoms with van der Waals surface area (Å²) in [5.41, 5.74) is 1.16. The normalized spacial score (nSPS) is 15.3. The summed E-state index contributed by atoms with van der Waals surface area (Å²) in [6, 6.07) is 4.82. The lowest BCUT2D eigenvalue weighted by atomic mass is 10.2. The van der Waals surface area contributed by atoms with Gasteiger partial charge in [0.15, 0.2) is 0 Å². The molecule has 0 amide bonds. The Hall–Kier alpha value is -0.760. The maximum absolute atomic E-state index is 5.83. The van der Waals surface area contributed by atoms with Crippen molar-refractivity contribution in [2.45, 2.75) is 38.1 Å². The van der Waals surface area contributed by atoms with Crippen LogP contribution in [0.25, 0.3) is 0 Å². The van der Waals surface area contributed by atoms with Gasteiger partial charge in [-0.1, -0.05) is 6.92 Å². The zero-order chi connectivity index (χ0) is 10.7. The fraction of sp³-hybridized carbons (Fsp3) is 0.583. The third-order valence-electron chi connectivity index (χ3n) is 2.71. The van der Waals surface area contributed by atoms with Gasteiger partial charge in [-0.3, -0.25) is 0 Å². The standard InChI is InChI=1S/C12H17ClN2/c1-2-7-15(11-3-4-11)12-8-10(9-13)5-6-14-12/h5-6,8,11H,2-4,7,9H2,1H3. The van der Waals surface area contributed by atoms with Crippen molar-refractivity contribution in [1.29, 1.82) is 0 Å². The number of pyridine rings is 1. The quantitative estimate of drug-likeness (QED) is 0.715. The molecule has 15 heavy (non-hydrogen) atoms. The van der Waals surface area contributed by atoms with Crippen LogP contribution in [-0.2, 0) is 5.88 Å². The lowest BCUT2D eigenvalue weighted by Crippen LogP contribution is -2.27. The molecule has 0 N–H and O–H groups in total. The van der Waals surface area contributed by atoms with Gasteiger partial charge in [-0.15, -0.1) is 11.6 Å². The lowest BCUT2D eigenvalue weighted by Gasteiger charge is -2.23. The van der Waals surface area contributed by atoms with Crippen LogP contribution in [0.2, 0.25) is 0 Å². The van der Waals surface area contributed by atoms with Crippen molar-refractivity contribution in [2.75, 3.05) is 11.4 Å². The second-order valence-corrected chi connectivity index (χ2v) is 4.35. The average Bonchev–Trinajstić information content (AvgIpc) is 3.10. The third-order valence-corrected chi connectivity index (χ3v) is 3.02. The molecule has 0 radical (unpaired) electrons. The smallest absolute Gasteiger partial charge is 0.129 e. The number of hydrogen-bond donors (Lipinski definition) is 0. The molecule has 0 atom stereocenters. The monoisotopic (exact) mass is 224 g/mol. The van der Waals surface area contributed by atoms with E-state index in [0.717, 1.165) is 24.0 Å². The molecule has 0 aliphatic heterocycles. The van der Waals surface area contributed by atoms with Crippen LogP contribution in [0.3, 0.4) is 0 Å². The Bertz CT molecular complexity index is 323. The van der Waals surface area contributed by atoms with E-state index >= 15 is 0 Å². The molecular formula is C12H17ClN2. The minimum Gasteiger partial charge on any atom is -0.354 e. The van der Waals surface area contributed by atoms with Crippen LogP contribution >= 0.6 is 11.6 Å². The van der Waals surface area contributed by atoms with Crippen LogP contribution in [0.1, 0.15) is 31.7 Å². The summed E-state index contributed by atoms with van der Waals surface area (Å²) in [6.45, 7) is 3.31. The van der Waals surface area contributed by atoms with Gasteiger partial charge in [0.2, 0.25) is 0 Å². The SMILES string of the molecule is CCCN(c1cc(CCl)ccn1)C1CC1. The van der Waals surface area contributed by atoms with Gasteiger partial charge in [-0.2, -0.15) is 0 Å². The summed E-state index contributed by atoms with van der Waals surface area (Å²) in [5.74, 6) is 1.66. The predicted molar refractivity (Wildman–Crippen MR) is 64.5 cm³/mol. The number of hydrogen-bond acceptors (Lipinski definition) is 2. The minimum absolute atomic E-state index is 0.570. The van der Waals surface area contributed by atoms with Gasteiger partial charge >= 0.3 is 0 Å². The molecule has 2 rings (SSSR count). The molecule has 1 heterocycles. The highest BCUT2D eigenvalue weighted by molar-refractivity contribution is 6.17. The van der Waals surface area contributed by atoms with Crippen LogP contribution < -0.4 is 4.90 Å². The molecule has 0 bridgehead atoms. The van der Waals surface area contributed by atoms with Gasteiger partial charge in [0.05, 0.1) is 0 Å². The first-order valence-electron chi connectivity index (χ1n) is 5.62. The zero-order valence-electron chi connectivity index (χ0n) is 9.12. The Kier molecular flexibility index (Phi) is 3.47. The predicted octanol–water partition coefficient (Wildman–Crippen LogP) is 3.20. The molecule has 0 aromatic carbocycles. The van der Waals surface area contributed by atoms with E-state index in [2.05, 4.69) is 22.9 Å². The van der Waals surface area contributed by atoms with Crippen molar-refractivity contribution in [2.24, 2.45) is 0 Å². The maximum atomic E-state index is 5.83. The van der Waals surface area contributed by atoms with Crippen molar-refractivity contribution in [3.05, 3.63) is 23.9 Å². The highest BCUT2D eigenvalue weighted by Gasteiger charge is 2.29. The summed E-state index contributed by atoms with van der Waals surface area (Å²) in [5, 5.41) is 0. The van der Waals surface area contributed by atoms with E-state index in [1.807, 2.05) is 12.3 Å². The number of nitrogens with zero attached hydrogens (tertiary/aromatic N) is 2. The van der Waals surface area contributed by atoms with Crippen molar-refractivity contribution in [1.82, 2.24) is 4.98 Å². The van der Waals surface area contributed by atoms with Gasteiger partial charge in [0.25, 0.3) is 0 Å². The van der Waals surface area contributed by atoms with E-state index in [0.29, 0.717) is 5.88 Å². The molecular weight excluding hydrogens is 208 g/mol. The summed E-state index contributed by atoms with van der Waals surface area (Å²) < 4.78 is 0. The number of anilines is 1. The van der Waals surface area contributed by atoms with Gasteiger partial charge < -0.3 is 4.90 Å². The van der Waals surface area contributed by atoms with Crippen molar-refractivity contribution in [3.63, 3.8) is 0 Å². The Morgan fingerprint density at radius 3 is 2.93 bits per heavy atom. The fourth-order valence-electron chi connectivity index (χ4n) is 1.81. The van der Waals surface area contributed by atoms with E-state index in [-0.39, 0.29) is 0 Å². The molecule has 0 unspecified atom stereocenters. The van der Waals surface area contributed by atoms with Crippen LogP contribution in [-0.4, -0.2) is 17.6 Å². The fourth-order valence-corrected chi connectivity index (χ4v) is 1.98. The Labute approximate surface area is 96.3 Å². The van der Waals surface area contributed by atoms with Crippen molar-refractivity contribution in [3.8, 4) is 0 Å². The molecule has 0 saturated heterocycles. The number of alkyl halides is 1. The van der Waals surface area contributed by atoms with Crippen molar-refractivity contribution >= 4 is 17.4 Å². The van der Waals surface area contributed by atoms with Gasteiger partial charge in [-0.05, 0) is 37.0 Å². The van der Waals surface area contributed by atoms with E-state index in [1.165, 1.54) is 19.3 Å². The molecule has 0 spiro atoms. The topological polar surface area (TPSA) is 16.1 Å². The molecule has 3 heteroatoms. The second kappa shape index (κ2) is 4.84. The Balaban J connectivity index is 2.16. The van der Waals surface area contributed by atoms with Crippen LogP contribution in [0.5, 0.6) is 0 Å². The number of rotatable bonds is 5.